The van der Waals surface area contributed by atoms with E-state index >= 15 is 0 Å². The quantitative estimate of drug-likeness (QED) is 0.837. The number of hydrogen-bond acceptors (Lipinski definition) is 3. The van der Waals surface area contributed by atoms with Crippen LogP contribution in [0.2, 0.25) is 0 Å². The number of hydrogen-bond donors (Lipinski definition) is 1. The van der Waals surface area contributed by atoms with Crippen LogP contribution in [0.4, 0.5) is 11.4 Å². The van der Waals surface area contributed by atoms with Crippen LogP contribution in [0.5, 0.6) is 0 Å². The van der Waals surface area contributed by atoms with Crippen molar-refractivity contribution in [3.05, 3.63) is 43.0 Å². The van der Waals surface area contributed by atoms with Crippen molar-refractivity contribution in [3.8, 4) is 0 Å². The van der Waals surface area contributed by atoms with Gasteiger partial charge in [0.2, 0.25) is 0 Å². The summed E-state index contributed by atoms with van der Waals surface area (Å²) in [5.74, 6) is 0.705. The van der Waals surface area contributed by atoms with E-state index in [0.29, 0.717) is 5.92 Å². The third kappa shape index (κ3) is 2.32. The fourth-order valence-corrected chi connectivity index (χ4v) is 2.59. The molecule has 1 aromatic heterocycles. The molecule has 18 heavy (non-hydrogen) atoms. The highest BCUT2D eigenvalue weighted by Crippen LogP contribution is 2.25. The van der Waals surface area contributed by atoms with E-state index in [1.54, 1.807) is 0 Å². The Bertz CT molecular complexity index is 489. The van der Waals surface area contributed by atoms with Crippen molar-refractivity contribution in [1.82, 2.24) is 9.55 Å². The van der Waals surface area contributed by atoms with E-state index in [2.05, 4.69) is 26.6 Å². The largest absolute Gasteiger partial charge is 0.399 e. The summed E-state index contributed by atoms with van der Waals surface area (Å²) >= 11 is 0. The highest BCUT2D eigenvalue weighted by atomic mass is 15.2. The molecule has 1 unspecified atom stereocenters. The molecule has 2 heterocycles. The summed E-state index contributed by atoms with van der Waals surface area (Å²) < 4.78 is 2.16. The smallest absolute Gasteiger partial charge is 0.0946 e. The maximum atomic E-state index is 5.71. The van der Waals surface area contributed by atoms with Crippen LogP contribution in [0.3, 0.4) is 0 Å². The molecule has 1 aliphatic rings. The maximum Gasteiger partial charge on any atom is 0.0946 e. The van der Waals surface area contributed by atoms with Crippen molar-refractivity contribution in [2.75, 3.05) is 23.7 Å². The van der Waals surface area contributed by atoms with Crippen molar-refractivity contribution in [2.45, 2.75) is 13.0 Å². The molecular formula is C14H18N4. The monoisotopic (exact) mass is 242 g/mol. The minimum atomic E-state index is 0.705. The highest BCUT2D eigenvalue weighted by Gasteiger charge is 2.22. The number of benzene rings is 1. The number of nitrogen functional groups attached to an aromatic ring is 1. The van der Waals surface area contributed by atoms with Crippen molar-refractivity contribution >= 4 is 11.4 Å². The lowest BCUT2D eigenvalue weighted by Gasteiger charge is -2.19. The topological polar surface area (TPSA) is 47.1 Å². The molecule has 0 aliphatic carbocycles. The number of rotatable bonds is 3. The molecule has 3 rings (SSSR count). The van der Waals surface area contributed by atoms with Gasteiger partial charge in [-0.15, -0.1) is 0 Å². The van der Waals surface area contributed by atoms with Gasteiger partial charge in [-0.3, -0.25) is 0 Å². The molecule has 94 valence electrons. The lowest BCUT2D eigenvalue weighted by Crippen LogP contribution is -2.20. The average molecular weight is 242 g/mol. The standard InChI is InChI=1S/C14H18N4/c15-13-1-3-14(4-2-13)18-7-5-12(10-18)9-17-8-6-16-11-17/h1-4,6,8,11-12H,5,7,9-10,15H2. The second-order valence-electron chi connectivity index (χ2n) is 4.95. The van der Waals surface area contributed by atoms with Crippen LogP contribution in [-0.2, 0) is 6.54 Å². The van der Waals surface area contributed by atoms with Crippen LogP contribution in [0.1, 0.15) is 6.42 Å². The average Bonchev–Trinajstić information content (AvgIpc) is 3.02. The molecule has 2 N–H and O–H groups in total. The van der Waals surface area contributed by atoms with Crippen LogP contribution in [0.25, 0.3) is 0 Å². The van der Waals surface area contributed by atoms with E-state index in [4.69, 9.17) is 5.73 Å². The molecule has 1 atom stereocenters. The molecule has 0 bridgehead atoms. The molecule has 1 saturated heterocycles. The van der Waals surface area contributed by atoms with E-state index in [-0.39, 0.29) is 0 Å². The number of imidazole rings is 1. The van der Waals surface area contributed by atoms with E-state index in [1.807, 2.05) is 30.9 Å². The first-order valence-electron chi connectivity index (χ1n) is 6.37. The fraction of sp³-hybridized carbons (Fsp3) is 0.357. The second kappa shape index (κ2) is 4.72. The van der Waals surface area contributed by atoms with Gasteiger partial charge in [0.1, 0.15) is 0 Å². The molecule has 1 fully saturated rings. The minimum absolute atomic E-state index is 0.705. The highest BCUT2D eigenvalue weighted by molar-refractivity contribution is 5.53. The van der Waals surface area contributed by atoms with E-state index < -0.39 is 0 Å². The zero-order chi connectivity index (χ0) is 12.4. The number of anilines is 2. The SMILES string of the molecule is Nc1ccc(N2CCC(Cn3ccnc3)C2)cc1. The van der Waals surface area contributed by atoms with Crippen molar-refractivity contribution in [1.29, 1.82) is 0 Å². The third-order valence-corrected chi connectivity index (χ3v) is 3.57. The fourth-order valence-electron chi connectivity index (χ4n) is 2.59. The molecule has 0 spiro atoms. The summed E-state index contributed by atoms with van der Waals surface area (Å²) in [6.07, 6.45) is 7.01. The summed E-state index contributed by atoms with van der Waals surface area (Å²) in [6, 6.07) is 8.15. The normalized spacial score (nSPS) is 19.3. The molecule has 0 amide bonds. The predicted octanol–water partition coefficient (Wildman–Crippen LogP) is 1.99. The van der Waals surface area contributed by atoms with Gasteiger partial charge in [0, 0.05) is 43.4 Å². The molecule has 1 aromatic carbocycles. The summed E-state index contributed by atoms with van der Waals surface area (Å²) in [7, 11) is 0. The predicted molar refractivity (Wildman–Crippen MR) is 73.4 cm³/mol. The zero-order valence-electron chi connectivity index (χ0n) is 10.4. The van der Waals surface area contributed by atoms with Crippen molar-refractivity contribution in [2.24, 2.45) is 5.92 Å². The Balaban J connectivity index is 1.63. The molecule has 0 saturated carbocycles. The van der Waals surface area contributed by atoms with Crippen LogP contribution in [0.15, 0.2) is 43.0 Å². The first-order valence-corrected chi connectivity index (χ1v) is 6.37. The number of aromatic nitrogens is 2. The Morgan fingerprint density at radius 3 is 2.83 bits per heavy atom. The third-order valence-electron chi connectivity index (χ3n) is 3.57. The summed E-state index contributed by atoms with van der Waals surface area (Å²) in [5.41, 5.74) is 7.82. The van der Waals surface area contributed by atoms with E-state index in [0.717, 1.165) is 25.3 Å². The lowest BCUT2D eigenvalue weighted by molar-refractivity contribution is 0.485. The molecule has 0 radical (unpaired) electrons. The Hall–Kier alpha value is -1.97. The van der Waals surface area contributed by atoms with Crippen LogP contribution in [-0.4, -0.2) is 22.6 Å². The van der Waals surface area contributed by atoms with Gasteiger partial charge in [-0.05, 0) is 36.6 Å². The van der Waals surface area contributed by atoms with Gasteiger partial charge in [-0.25, -0.2) is 4.98 Å². The maximum absolute atomic E-state index is 5.71. The Morgan fingerprint density at radius 1 is 1.28 bits per heavy atom. The summed E-state index contributed by atoms with van der Waals surface area (Å²) in [6.45, 7) is 3.30. The second-order valence-corrected chi connectivity index (χ2v) is 4.95. The first-order chi connectivity index (χ1) is 8.81. The van der Waals surface area contributed by atoms with Gasteiger partial charge in [0.05, 0.1) is 6.33 Å². The molecule has 2 aromatic rings. The Morgan fingerprint density at radius 2 is 2.11 bits per heavy atom. The molecule has 4 nitrogen and oxygen atoms in total. The van der Waals surface area contributed by atoms with Gasteiger partial charge in [0.15, 0.2) is 0 Å². The van der Waals surface area contributed by atoms with Gasteiger partial charge < -0.3 is 15.2 Å². The van der Waals surface area contributed by atoms with Gasteiger partial charge >= 0.3 is 0 Å². The Kier molecular flexibility index (Phi) is 2.92. The first kappa shape index (κ1) is 11.1. The minimum Gasteiger partial charge on any atom is -0.399 e. The Labute approximate surface area is 107 Å². The van der Waals surface area contributed by atoms with E-state index in [9.17, 15) is 0 Å². The van der Waals surface area contributed by atoms with E-state index in [1.165, 1.54) is 12.1 Å². The van der Waals surface area contributed by atoms with Crippen LogP contribution in [0, 0.1) is 5.92 Å². The summed E-state index contributed by atoms with van der Waals surface area (Å²) in [5, 5.41) is 0. The number of nitrogens with two attached hydrogens (primary N) is 1. The zero-order valence-corrected chi connectivity index (χ0v) is 10.4. The molecule has 1 aliphatic heterocycles. The van der Waals surface area contributed by atoms with Crippen molar-refractivity contribution in [3.63, 3.8) is 0 Å². The lowest BCUT2D eigenvalue weighted by atomic mass is 10.1. The summed E-state index contributed by atoms with van der Waals surface area (Å²) in [4.78, 5) is 6.52. The van der Waals surface area contributed by atoms with Gasteiger partial charge in [-0.2, -0.15) is 0 Å². The number of nitrogens with zero attached hydrogens (tertiary/aromatic N) is 3. The van der Waals surface area contributed by atoms with Gasteiger partial charge in [0.25, 0.3) is 0 Å². The molecular weight excluding hydrogens is 224 g/mol. The molecule has 4 heteroatoms. The van der Waals surface area contributed by atoms with Crippen molar-refractivity contribution < 1.29 is 0 Å². The van der Waals surface area contributed by atoms with Gasteiger partial charge in [-0.1, -0.05) is 0 Å². The van der Waals surface area contributed by atoms with Crippen LogP contribution >= 0.6 is 0 Å². The van der Waals surface area contributed by atoms with Crippen LogP contribution < -0.4 is 10.6 Å².